The maximum Gasteiger partial charge on any atom is 0.123 e. The summed E-state index contributed by atoms with van der Waals surface area (Å²) in [5.74, 6) is 2.85. The Labute approximate surface area is 139 Å². The van der Waals surface area contributed by atoms with Crippen molar-refractivity contribution < 1.29 is 8.78 Å². The van der Waals surface area contributed by atoms with Crippen LogP contribution in [0.5, 0.6) is 0 Å². The summed E-state index contributed by atoms with van der Waals surface area (Å²) in [6.07, 6.45) is 10.3. The van der Waals surface area contributed by atoms with Crippen molar-refractivity contribution in [3.8, 4) is 0 Å². The van der Waals surface area contributed by atoms with Gasteiger partial charge >= 0.3 is 0 Å². The van der Waals surface area contributed by atoms with Crippen molar-refractivity contribution in [2.24, 2.45) is 17.8 Å². The van der Waals surface area contributed by atoms with Crippen molar-refractivity contribution in [1.82, 2.24) is 0 Å². The molecule has 0 radical (unpaired) electrons. The second-order valence-corrected chi connectivity index (χ2v) is 7.96. The molecule has 2 saturated carbocycles. The molecule has 2 fully saturated rings. The molecule has 0 saturated heterocycles. The van der Waals surface area contributed by atoms with Crippen LogP contribution in [0.2, 0.25) is 0 Å². The van der Waals surface area contributed by atoms with Crippen LogP contribution < -0.4 is 0 Å². The lowest BCUT2D eigenvalue weighted by atomic mass is 9.68. The third kappa shape index (κ3) is 4.55. The largest absolute Gasteiger partial charge is 0.248 e. The van der Waals surface area contributed by atoms with Gasteiger partial charge in [-0.15, -0.1) is 0 Å². The van der Waals surface area contributed by atoms with E-state index in [4.69, 9.17) is 0 Å². The van der Waals surface area contributed by atoms with E-state index >= 15 is 0 Å². The van der Waals surface area contributed by atoms with Gasteiger partial charge in [-0.05, 0) is 93.2 Å². The molecule has 0 N–H and O–H groups in total. The van der Waals surface area contributed by atoms with Crippen LogP contribution in [0, 0.1) is 23.6 Å². The lowest BCUT2D eigenvalue weighted by molar-refractivity contribution is 0.144. The molecule has 1 unspecified atom stereocenters. The van der Waals surface area contributed by atoms with Crippen LogP contribution in [-0.2, 0) is 0 Å². The van der Waals surface area contributed by atoms with E-state index in [0.29, 0.717) is 11.8 Å². The molecule has 1 aromatic carbocycles. The van der Waals surface area contributed by atoms with Crippen LogP contribution in [0.15, 0.2) is 24.3 Å². The number of hydrogen-bond acceptors (Lipinski definition) is 0. The van der Waals surface area contributed by atoms with Gasteiger partial charge in [0.1, 0.15) is 5.82 Å². The molecule has 2 aliphatic rings. The second kappa shape index (κ2) is 7.77. The summed E-state index contributed by atoms with van der Waals surface area (Å²) in [5, 5.41) is 0. The van der Waals surface area contributed by atoms with Gasteiger partial charge < -0.3 is 0 Å². The Morgan fingerprint density at radius 2 is 1.39 bits per heavy atom. The standard InChI is InChI=1S/C21H30F2/c1-15(22)14-16-2-4-17(5-3-16)18-6-8-19(9-7-18)20-10-12-21(23)13-11-20/h10-13,15-19H,2-9,14H2,1H3. The second-order valence-electron chi connectivity index (χ2n) is 7.96. The molecule has 0 bridgehead atoms. The fourth-order valence-corrected chi connectivity index (χ4v) is 5.01. The van der Waals surface area contributed by atoms with Gasteiger partial charge in [-0.2, -0.15) is 0 Å². The Morgan fingerprint density at radius 3 is 1.91 bits per heavy atom. The van der Waals surface area contributed by atoms with Crippen LogP contribution in [0.4, 0.5) is 8.78 Å². The van der Waals surface area contributed by atoms with Crippen LogP contribution in [0.1, 0.15) is 76.2 Å². The Bertz CT molecular complexity index is 463. The van der Waals surface area contributed by atoms with Gasteiger partial charge in [0.05, 0.1) is 6.17 Å². The zero-order valence-corrected chi connectivity index (χ0v) is 14.3. The molecular weight excluding hydrogens is 290 g/mol. The summed E-state index contributed by atoms with van der Waals surface area (Å²) >= 11 is 0. The minimum atomic E-state index is -0.636. The first-order chi connectivity index (χ1) is 11.1. The van der Waals surface area contributed by atoms with Crippen molar-refractivity contribution in [3.63, 3.8) is 0 Å². The maximum atomic E-state index is 13.1. The summed E-state index contributed by atoms with van der Waals surface area (Å²) in [5.41, 5.74) is 1.31. The van der Waals surface area contributed by atoms with Gasteiger partial charge in [0.25, 0.3) is 0 Å². The van der Waals surface area contributed by atoms with Crippen LogP contribution in [-0.4, -0.2) is 6.17 Å². The zero-order valence-electron chi connectivity index (χ0n) is 14.3. The van der Waals surface area contributed by atoms with E-state index in [0.717, 1.165) is 18.3 Å². The molecule has 0 nitrogen and oxygen atoms in total. The van der Waals surface area contributed by atoms with Gasteiger partial charge in [0.2, 0.25) is 0 Å². The molecule has 23 heavy (non-hydrogen) atoms. The van der Waals surface area contributed by atoms with E-state index in [1.165, 1.54) is 56.9 Å². The van der Waals surface area contributed by atoms with Gasteiger partial charge in [0.15, 0.2) is 0 Å². The SMILES string of the molecule is CC(F)CC1CCC(C2CCC(c3ccc(F)cc3)CC2)CC1. The van der Waals surface area contributed by atoms with Gasteiger partial charge in [0, 0.05) is 0 Å². The highest BCUT2D eigenvalue weighted by Gasteiger charge is 2.31. The molecule has 1 atom stereocenters. The highest BCUT2D eigenvalue weighted by atomic mass is 19.1. The van der Waals surface area contributed by atoms with Crippen molar-refractivity contribution in [3.05, 3.63) is 35.6 Å². The van der Waals surface area contributed by atoms with E-state index in [9.17, 15) is 8.78 Å². The van der Waals surface area contributed by atoms with Crippen molar-refractivity contribution in [1.29, 1.82) is 0 Å². The quantitative estimate of drug-likeness (QED) is 0.582. The van der Waals surface area contributed by atoms with Crippen molar-refractivity contribution in [2.75, 3.05) is 0 Å². The molecule has 128 valence electrons. The highest BCUT2D eigenvalue weighted by Crippen LogP contribution is 2.44. The molecular formula is C21H30F2. The molecule has 0 amide bonds. The normalized spacial score (nSPS) is 33.3. The van der Waals surface area contributed by atoms with Crippen molar-refractivity contribution in [2.45, 2.75) is 76.8 Å². The third-order valence-corrected chi connectivity index (χ3v) is 6.33. The van der Waals surface area contributed by atoms with Crippen LogP contribution >= 0.6 is 0 Å². The Morgan fingerprint density at radius 1 is 0.870 bits per heavy atom. The van der Waals surface area contributed by atoms with E-state index in [-0.39, 0.29) is 5.82 Å². The fourth-order valence-electron chi connectivity index (χ4n) is 5.01. The van der Waals surface area contributed by atoms with Crippen LogP contribution in [0.25, 0.3) is 0 Å². The van der Waals surface area contributed by atoms with E-state index in [2.05, 4.69) is 0 Å². The predicted octanol–water partition coefficient (Wildman–Crippen LogP) is 6.65. The van der Waals surface area contributed by atoms with Gasteiger partial charge in [-0.25, -0.2) is 8.78 Å². The topological polar surface area (TPSA) is 0 Å². The predicted molar refractivity (Wildman–Crippen MR) is 91.7 cm³/mol. The minimum Gasteiger partial charge on any atom is -0.248 e. The Hall–Kier alpha value is -0.920. The molecule has 3 rings (SSSR count). The summed E-state index contributed by atoms with van der Waals surface area (Å²) in [6, 6.07) is 7.11. The number of alkyl halides is 1. The van der Waals surface area contributed by atoms with Gasteiger partial charge in [-0.3, -0.25) is 0 Å². The first kappa shape index (κ1) is 16.9. The average molecular weight is 320 g/mol. The molecule has 0 aliphatic heterocycles. The number of halogens is 2. The summed E-state index contributed by atoms with van der Waals surface area (Å²) < 4.78 is 26.2. The van der Waals surface area contributed by atoms with Crippen LogP contribution in [0.3, 0.4) is 0 Å². The first-order valence-electron chi connectivity index (χ1n) is 9.51. The zero-order chi connectivity index (χ0) is 16.2. The number of benzene rings is 1. The molecule has 1 aromatic rings. The Kier molecular flexibility index (Phi) is 5.71. The highest BCUT2D eigenvalue weighted by molar-refractivity contribution is 5.20. The first-order valence-corrected chi connectivity index (χ1v) is 9.51. The lowest BCUT2D eigenvalue weighted by Crippen LogP contribution is -2.26. The summed E-state index contributed by atoms with van der Waals surface area (Å²) in [4.78, 5) is 0. The average Bonchev–Trinajstić information content (AvgIpc) is 2.56. The Balaban J connectivity index is 1.45. The molecule has 0 aromatic heterocycles. The summed E-state index contributed by atoms with van der Waals surface area (Å²) in [6.45, 7) is 1.70. The molecule has 2 heteroatoms. The van der Waals surface area contributed by atoms with E-state index < -0.39 is 6.17 Å². The summed E-state index contributed by atoms with van der Waals surface area (Å²) in [7, 11) is 0. The maximum absolute atomic E-state index is 13.1. The van der Waals surface area contributed by atoms with Gasteiger partial charge in [-0.1, -0.05) is 25.0 Å². The number of hydrogen-bond donors (Lipinski definition) is 0. The lowest BCUT2D eigenvalue weighted by Gasteiger charge is -2.38. The smallest absolute Gasteiger partial charge is 0.123 e. The molecule has 0 spiro atoms. The molecule has 0 heterocycles. The minimum absolute atomic E-state index is 0.137. The van der Waals surface area contributed by atoms with E-state index in [1.54, 1.807) is 19.1 Å². The third-order valence-electron chi connectivity index (χ3n) is 6.33. The van der Waals surface area contributed by atoms with Crippen molar-refractivity contribution >= 4 is 0 Å². The molecule has 2 aliphatic carbocycles. The monoisotopic (exact) mass is 320 g/mol. The fraction of sp³-hybridized carbons (Fsp3) is 0.714. The number of rotatable bonds is 4. The van der Waals surface area contributed by atoms with E-state index in [1.807, 2.05) is 12.1 Å².